The lowest BCUT2D eigenvalue weighted by Crippen LogP contribution is -2.37. The summed E-state index contributed by atoms with van der Waals surface area (Å²) < 4.78 is 27.9. The molecule has 0 amide bonds. The zero-order valence-electron chi connectivity index (χ0n) is 10.4. The highest BCUT2D eigenvalue weighted by atomic mass is 35.5. The van der Waals surface area contributed by atoms with Crippen LogP contribution < -0.4 is 4.72 Å². The van der Waals surface area contributed by atoms with Crippen LogP contribution in [0, 0.1) is 0 Å². The van der Waals surface area contributed by atoms with Gasteiger partial charge in [-0.15, -0.1) is 0 Å². The second-order valence-corrected chi connectivity index (χ2v) is 5.79. The Kier molecular flexibility index (Phi) is 5.77. The number of aromatic nitrogens is 2. The smallest absolute Gasteiger partial charge is 0.258 e. The van der Waals surface area contributed by atoms with Crippen molar-refractivity contribution < 1.29 is 8.42 Å². The quantitative estimate of drug-likeness (QED) is 0.833. The predicted molar refractivity (Wildman–Crippen MR) is 71.7 cm³/mol. The molecule has 1 rings (SSSR count). The van der Waals surface area contributed by atoms with E-state index in [1.54, 1.807) is 0 Å². The fraction of sp³-hybridized carbons (Fsp3) is 0.600. The van der Waals surface area contributed by atoms with Crippen LogP contribution in [0.25, 0.3) is 0 Å². The minimum absolute atomic E-state index is 0.125. The van der Waals surface area contributed by atoms with Gasteiger partial charge in [-0.3, -0.25) is 9.71 Å². The molecule has 1 aromatic rings. The Morgan fingerprint density at radius 2 is 1.89 bits per heavy atom. The Morgan fingerprint density at radius 1 is 1.28 bits per heavy atom. The van der Waals surface area contributed by atoms with Crippen molar-refractivity contribution in [1.29, 1.82) is 0 Å². The zero-order chi connectivity index (χ0) is 13.6. The lowest BCUT2D eigenvalue weighted by atomic mass is 10.4. The maximum Gasteiger partial charge on any atom is 0.302 e. The van der Waals surface area contributed by atoms with Gasteiger partial charge in [0.1, 0.15) is 5.15 Å². The molecule has 1 heterocycles. The standard InChI is InChI=1S/C10H17ClN4O2S/c1-3-5-15(6-4-2)18(16,17)14-10-8-12-7-9(11)13-10/h7-8H,3-6H2,1-2H3,(H,13,14). The third-order valence-electron chi connectivity index (χ3n) is 2.12. The van der Waals surface area contributed by atoms with E-state index in [-0.39, 0.29) is 11.0 Å². The molecule has 1 N–H and O–H groups in total. The first kappa shape index (κ1) is 15.1. The summed E-state index contributed by atoms with van der Waals surface area (Å²) >= 11 is 5.65. The van der Waals surface area contributed by atoms with Crippen LogP contribution >= 0.6 is 11.6 Å². The average molecular weight is 293 g/mol. The first-order valence-electron chi connectivity index (χ1n) is 5.75. The van der Waals surface area contributed by atoms with Crippen LogP contribution in [0.1, 0.15) is 26.7 Å². The largest absolute Gasteiger partial charge is 0.302 e. The third-order valence-corrected chi connectivity index (χ3v) is 3.82. The van der Waals surface area contributed by atoms with E-state index in [1.165, 1.54) is 16.7 Å². The summed E-state index contributed by atoms with van der Waals surface area (Å²) in [5, 5.41) is 0.146. The molecular weight excluding hydrogens is 276 g/mol. The average Bonchev–Trinajstić information content (AvgIpc) is 2.28. The summed E-state index contributed by atoms with van der Waals surface area (Å²) in [6.45, 7) is 4.79. The van der Waals surface area contributed by atoms with Crippen LogP contribution in [0.15, 0.2) is 12.4 Å². The molecular formula is C10H17ClN4O2S. The van der Waals surface area contributed by atoms with Gasteiger partial charge in [-0.25, -0.2) is 4.98 Å². The van der Waals surface area contributed by atoms with Crippen molar-refractivity contribution in [3.8, 4) is 0 Å². The van der Waals surface area contributed by atoms with Crippen LogP contribution in [-0.2, 0) is 10.2 Å². The summed E-state index contributed by atoms with van der Waals surface area (Å²) in [6, 6.07) is 0. The molecule has 8 heteroatoms. The van der Waals surface area contributed by atoms with E-state index in [0.29, 0.717) is 13.1 Å². The second-order valence-electron chi connectivity index (χ2n) is 3.73. The lowest BCUT2D eigenvalue weighted by molar-refractivity contribution is 0.413. The van der Waals surface area contributed by atoms with Crippen molar-refractivity contribution in [1.82, 2.24) is 14.3 Å². The normalized spacial score (nSPS) is 11.8. The third kappa shape index (κ3) is 4.40. The molecule has 6 nitrogen and oxygen atoms in total. The fourth-order valence-corrected chi connectivity index (χ4v) is 2.92. The molecule has 0 fully saturated rings. The van der Waals surface area contributed by atoms with Crippen molar-refractivity contribution >= 4 is 27.6 Å². The molecule has 0 aromatic carbocycles. The molecule has 0 saturated carbocycles. The monoisotopic (exact) mass is 292 g/mol. The fourth-order valence-electron chi connectivity index (χ4n) is 1.44. The molecule has 0 bridgehead atoms. The molecule has 102 valence electrons. The van der Waals surface area contributed by atoms with Crippen LogP contribution in [0.3, 0.4) is 0 Å². The number of nitrogens with zero attached hydrogens (tertiary/aromatic N) is 3. The van der Waals surface area contributed by atoms with E-state index in [4.69, 9.17) is 11.6 Å². The number of hydrogen-bond donors (Lipinski definition) is 1. The number of halogens is 1. The van der Waals surface area contributed by atoms with E-state index in [1.807, 2.05) is 13.8 Å². The Hall–Kier alpha value is -0.920. The number of hydrogen-bond acceptors (Lipinski definition) is 4. The number of rotatable bonds is 7. The van der Waals surface area contributed by atoms with Gasteiger partial charge in [0.15, 0.2) is 5.82 Å². The minimum Gasteiger partial charge on any atom is -0.258 e. The predicted octanol–water partition coefficient (Wildman–Crippen LogP) is 1.91. The van der Waals surface area contributed by atoms with E-state index >= 15 is 0 Å². The molecule has 0 unspecified atom stereocenters. The summed E-state index contributed by atoms with van der Waals surface area (Å²) in [5.41, 5.74) is 0. The number of anilines is 1. The van der Waals surface area contributed by atoms with Crippen molar-refractivity contribution in [3.63, 3.8) is 0 Å². The Morgan fingerprint density at radius 3 is 2.39 bits per heavy atom. The molecule has 0 radical (unpaired) electrons. The summed E-state index contributed by atoms with van der Waals surface area (Å²) in [4.78, 5) is 7.63. The van der Waals surface area contributed by atoms with E-state index < -0.39 is 10.2 Å². The van der Waals surface area contributed by atoms with Crippen LogP contribution in [-0.4, -0.2) is 35.8 Å². The Balaban J connectivity index is 2.85. The van der Waals surface area contributed by atoms with Gasteiger partial charge in [0.2, 0.25) is 0 Å². The molecule has 1 aromatic heterocycles. The van der Waals surface area contributed by atoms with Gasteiger partial charge in [-0.1, -0.05) is 25.4 Å². The minimum atomic E-state index is -3.59. The van der Waals surface area contributed by atoms with Gasteiger partial charge in [-0.2, -0.15) is 12.7 Å². The van der Waals surface area contributed by atoms with Gasteiger partial charge in [0.25, 0.3) is 0 Å². The topological polar surface area (TPSA) is 75.2 Å². The van der Waals surface area contributed by atoms with Crippen LogP contribution in [0.5, 0.6) is 0 Å². The molecule has 0 saturated heterocycles. The van der Waals surface area contributed by atoms with Crippen molar-refractivity contribution in [3.05, 3.63) is 17.5 Å². The highest BCUT2D eigenvalue weighted by Gasteiger charge is 2.20. The molecule has 0 aliphatic heterocycles. The summed E-state index contributed by atoms with van der Waals surface area (Å²) in [6.07, 6.45) is 4.17. The second kappa shape index (κ2) is 6.86. The van der Waals surface area contributed by atoms with Crippen LogP contribution in [0.2, 0.25) is 5.15 Å². The van der Waals surface area contributed by atoms with Gasteiger partial charge >= 0.3 is 10.2 Å². The van der Waals surface area contributed by atoms with Gasteiger partial charge in [-0.05, 0) is 12.8 Å². The lowest BCUT2D eigenvalue weighted by Gasteiger charge is -2.21. The van der Waals surface area contributed by atoms with Gasteiger partial charge < -0.3 is 0 Å². The van der Waals surface area contributed by atoms with E-state index in [0.717, 1.165) is 12.8 Å². The Labute approximate surface area is 113 Å². The van der Waals surface area contributed by atoms with E-state index in [2.05, 4.69) is 14.7 Å². The number of nitrogens with one attached hydrogen (secondary N) is 1. The van der Waals surface area contributed by atoms with Crippen molar-refractivity contribution in [2.24, 2.45) is 0 Å². The molecule has 0 spiro atoms. The maximum atomic E-state index is 12.1. The highest BCUT2D eigenvalue weighted by Crippen LogP contribution is 2.11. The SMILES string of the molecule is CCCN(CCC)S(=O)(=O)Nc1cncc(Cl)n1. The molecule has 0 atom stereocenters. The Bertz CT molecular complexity index is 475. The van der Waals surface area contributed by atoms with Crippen LogP contribution in [0.4, 0.5) is 5.82 Å². The van der Waals surface area contributed by atoms with Gasteiger partial charge in [0.05, 0.1) is 12.4 Å². The highest BCUT2D eigenvalue weighted by molar-refractivity contribution is 7.90. The molecule has 0 aliphatic carbocycles. The first-order valence-corrected chi connectivity index (χ1v) is 7.56. The maximum absolute atomic E-state index is 12.1. The zero-order valence-corrected chi connectivity index (χ0v) is 12.0. The van der Waals surface area contributed by atoms with Crippen molar-refractivity contribution in [2.45, 2.75) is 26.7 Å². The van der Waals surface area contributed by atoms with Crippen molar-refractivity contribution in [2.75, 3.05) is 17.8 Å². The first-order chi connectivity index (χ1) is 8.49. The molecule has 0 aliphatic rings. The summed E-state index contributed by atoms with van der Waals surface area (Å²) in [7, 11) is -3.59. The molecule has 18 heavy (non-hydrogen) atoms. The summed E-state index contributed by atoms with van der Waals surface area (Å²) in [5.74, 6) is 0.125. The van der Waals surface area contributed by atoms with Gasteiger partial charge in [0, 0.05) is 13.1 Å². The van der Waals surface area contributed by atoms with E-state index in [9.17, 15) is 8.42 Å².